The average Bonchev–Trinajstić information content (AvgIpc) is 2.15. The van der Waals surface area contributed by atoms with Gasteiger partial charge >= 0.3 is 5.97 Å². The molecular weight excluding hydrogens is 228 g/mol. The lowest BCUT2D eigenvalue weighted by Crippen LogP contribution is -2.07. The van der Waals surface area contributed by atoms with Crippen LogP contribution < -0.4 is 0 Å². The molecule has 0 saturated heterocycles. The molecule has 1 aromatic heterocycles. The molecule has 1 rings (SSSR count). The van der Waals surface area contributed by atoms with Gasteiger partial charge in [-0.1, -0.05) is 0 Å². The molecule has 0 saturated carbocycles. The lowest BCUT2D eigenvalue weighted by atomic mass is 10.0. The van der Waals surface area contributed by atoms with E-state index in [9.17, 15) is 13.6 Å². The molecule has 6 heteroatoms. The zero-order valence-electron chi connectivity index (χ0n) is 7.58. The van der Waals surface area contributed by atoms with Crippen LogP contribution in [-0.4, -0.2) is 16.1 Å². The van der Waals surface area contributed by atoms with E-state index in [1.54, 1.807) is 0 Å². The molecule has 0 aromatic carbocycles. The summed E-state index contributed by atoms with van der Waals surface area (Å²) < 4.78 is 25.3. The Labute approximate surface area is 89.7 Å². The SMILES string of the molecule is O=C(O)Cc1ccnc(CCl)c1C(F)F. The van der Waals surface area contributed by atoms with Crippen molar-refractivity contribution in [2.45, 2.75) is 18.7 Å². The van der Waals surface area contributed by atoms with Crippen LogP contribution in [0.1, 0.15) is 23.2 Å². The third-order valence-electron chi connectivity index (χ3n) is 1.85. The Hall–Kier alpha value is -1.23. The number of nitrogens with zero attached hydrogens (tertiary/aromatic N) is 1. The summed E-state index contributed by atoms with van der Waals surface area (Å²) in [6.45, 7) is 0. The second-order valence-corrected chi connectivity index (χ2v) is 3.10. The highest BCUT2D eigenvalue weighted by Gasteiger charge is 2.19. The van der Waals surface area contributed by atoms with E-state index in [0.717, 1.165) is 0 Å². The van der Waals surface area contributed by atoms with Crippen molar-refractivity contribution < 1.29 is 18.7 Å². The van der Waals surface area contributed by atoms with Gasteiger partial charge in [-0.05, 0) is 11.6 Å². The lowest BCUT2D eigenvalue weighted by Gasteiger charge is -2.09. The third kappa shape index (κ3) is 2.86. The minimum Gasteiger partial charge on any atom is -0.481 e. The van der Waals surface area contributed by atoms with Gasteiger partial charge in [-0.25, -0.2) is 8.78 Å². The van der Waals surface area contributed by atoms with E-state index in [4.69, 9.17) is 16.7 Å². The standard InChI is InChI=1S/C9H8ClF2NO2/c10-4-6-8(9(11)12)5(1-2-13-6)3-7(14)15/h1-2,9H,3-4H2,(H,14,15). The number of aromatic nitrogens is 1. The van der Waals surface area contributed by atoms with Crippen LogP contribution in [-0.2, 0) is 17.1 Å². The number of hydrogen-bond donors (Lipinski definition) is 1. The van der Waals surface area contributed by atoms with Crippen molar-refractivity contribution in [1.29, 1.82) is 0 Å². The summed E-state index contributed by atoms with van der Waals surface area (Å²) in [6, 6.07) is 1.27. The number of hydrogen-bond acceptors (Lipinski definition) is 2. The van der Waals surface area contributed by atoms with Gasteiger partial charge in [-0.15, -0.1) is 11.6 Å². The Morgan fingerprint density at radius 2 is 2.27 bits per heavy atom. The predicted octanol–water partition coefficient (Wildman–Crippen LogP) is 2.39. The molecule has 0 aliphatic carbocycles. The largest absolute Gasteiger partial charge is 0.481 e. The van der Waals surface area contributed by atoms with E-state index in [-0.39, 0.29) is 22.7 Å². The Kier molecular flexibility index (Phi) is 3.96. The number of carbonyl (C=O) groups is 1. The molecular formula is C9H8ClF2NO2. The van der Waals surface area contributed by atoms with E-state index in [1.807, 2.05) is 0 Å². The first kappa shape index (κ1) is 11.8. The second-order valence-electron chi connectivity index (χ2n) is 2.84. The van der Waals surface area contributed by atoms with E-state index < -0.39 is 18.8 Å². The fourth-order valence-electron chi connectivity index (χ4n) is 1.25. The topological polar surface area (TPSA) is 50.2 Å². The molecule has 1 aromatic rings. The summed E-state index contributed by atoms with van der Waals surface area (Å²) in [5.41, 5.74) is -0.275. The molecule has 82 valence electrons. The first-order valence-electron chi connectivity index (χ1n) is 4.08. The molecule has 15 heavy (non-hydrogen) atoms. The minimum atomic E-state index is -2.76. The summed E-state index contributed by atoms with van der Waals surface area (Å²) >= 11 is 5.44. The monoisotopic (exact) mass is 235 g/mol. The summed E-state index contributed by atoms with van der Waals surface area (Å²) in [5.74, 6) is -1.32. The molecule has 0 spiro atoms. The first-order chi connectivity index (χ1) is 7.06. The maximum atomic E-state index is 12.6. The summed E-state index contributed by atoms with van der Waals surface area (Å²) in [6.07, 6.45) is -1.93. The van der Waals surface area contributed by atoms with Gasteiger partial charge in [0, 0.05) is 11.8 Å². The Morgan fingerprint density at radius 1 is 1.60 bits per heavy atom. The van der Waals surface area contributed by atoms with Crippen LogP contribution >= 0.6 is 11.6 Å². The van der Waals surface area contributed by atoms with Crippen LogP contribution in [0.15, 0.2) is 12.3 Å². The highest BCUT2D eigenvalue weighted by Crippen LogP contribution is 2.26. The fraction of sp³-hybridized carbons (Fsp3) is 0.333. The van der Waals surface area contributed by atoms with Crippen LogP contribution in [0.5, 0.6) is 0 Å². The molecule has 1 heterocycles. The Morgan fingerprint density at radius 3 is 2.73 bits per heavy atom. The molecule has 0 unspecified atom stereocenters. The number of alkyl halides is 3. The van der Waals surface area contributed by atoms with Crippen LogP contribution in [0.2, 0.25) is 0 Å². The van der Waals surface area contributed by atoms with Crippen molar-refractivity contribution in [3.8, 4) is 0 Å². The van der Waals surface area contributed by atoms with Gasteiger partial charge in [0.2, 0.25) is 0 Å². The smallest absolute Gasteiger partial charge is 0.307 e. The van der Waals surface area contributed by atoms with Gasteiger partial charge in [-0.2, -0.15) is 0 Å². The van der Waals surface area contributed by atoms with Crippen molar-refractivity contribution in [2.75, 3.05) is 0 Å². The zero-order valence-corrected chi connectivity index (χ0v) is 8.34. The average molecular weight is 236 g/mol. The molecule has 0 amide bonds. The summed E-state index contributed by atoms with van der Waals surface area (Å²) in [4.78, 5) is 14.1. The minimum absolute atomic E-state index is 0.0328. The number of halogens is 3. The van der Waals surface area contributed by atoms with E-state index in [0.29, 0.717) is 0 Å². The summed E-state index contributed by atoms with van der Waals surface area (Å²) in [5, 5.41) is 8.54. The quantitative estimate of drug-likeness (QED) is 0.816. The van der Waals surface area contributed by atoms with E-state index in [1.165, 1.54) is 12.3 Å². The normalized spacial score (nSPS) is 10.7. The lowest BCUT2D eigenvalue weighted by molar-refractivity contribution is -0.136. The van der Waals surface area contributed by atoms with Gasteiger partial charge in [0.25, 0.3) is 6.43 Å². The molecule has 0 aliphatic heterocycles. The summed E-state index contributed by atoms with van der Waals surface area (Å²) in [7, 11) is 0. The number of rotatable bonds is 4. The molecule has 1 N–H and O–H groups in total. The van der Waals surface area contributed by atoms with Gasteiger partial charge < -0.3 is 5.11 Å². The number of carboxylic acids is 1. The van der Waals surface area contributed by atoms with Crippen molar-refractivity contribution in [3.63, 3.8) is 0 Å². The highest BCUT2D eigenvalue weighted by atomic mass is 35.5. The number of pyridine rings is 1. The number of carboxylic acid groups (broad SMARTS) is 1. The van der Waals surface area contributed by atoms with E-state index >= 15 is 0 Å². The molecule has 0 bridgehead atoms. The van der Waals surface area contributed by atoms with Crippen LogP contribution in [0.25, 0.3) is 0 Å². The van der Waals surface area contributed by atoms with Crippen LogP contribution in [0.4, 0.5) is 8.78 Å². The van der Waals surface area contributed by atoms with Crippen LogP contribution in [0.3, 0.4) is 0 Å². The van der Waals surface area contributed by atoms with E-state index in [2.05, 4.69) is 4.98 Å². The zero-order chi connectivity index (χ0) is 11.4. The fourth-order valence-corrected chi connectivity index (χ4v) is 1.46. The Balaban J connectivity index is 3.19. The van der Waals surface area contributed by atoms with Crippen LogP contribution in [0, 0.1) is 0 Å². The van der Waals surface area contributed by atoms with Gasteiger partial charge in [0.15, 0.2) is 0 Å². The van der Waals surface area contributed by atoms with Crippen molar-refractivity contribution in [1.82, 2.24) is 4.98 Å². The maximum Gasteiger partial charge on any atom is 0.307 e. The molecule has 3 nitrogen and oxygen atoms in total. The van der Waals surface area contributed by atoms with Gasteiger partial charge in [-0.3, -0.25) is 9.78 Å². The molecule has 0 atom stereocenters. The Bertz CT molecular complexity index is 371. The highest BCUT2D eigenvalue weighted by molar-refractivity contribution is 6.17. The molecule has 0 aliphatic rings. The van der Waals surface area contributed by atoms with Crippen molar-refractivity contribution in [3.05, 3.63) is 29.1 Å². The van der Waals surface area contributed by atoms with Crippen molar-refractivity contribution >= 4 is 17.6 Å². The molecule has 0 radical (unpaired) electrons. The van der Waals surface area contributed by atoms with Gasteiger partial charge in [0.1, 0.15) is 0 Å². The van der Waals surface area contributed by atoms with Crippen molar-refractivity contribution in [2.24, 2.45) is 0 Å². The number of aliphatic carboxylic acids is 1. The predicted molar refractivity (Wildman–Crippen MR) is 50.1 cm³/mol. The molecule has 0 fully saturated rings. The first-order valence-corrected chi connectivity index (χ1v) is 4.62. The third-order valence-corrected chi connectivity index (χ3v) is 2.10. The van der Waals surface area contributed by atoms with Gasteiger partial charge in [0.05, 0.1) is 18.0 Å². The second kappa shape index (κ2) is 5.02. The maximum absolute atomic E-state index is 12.6.